The number of benzene rings is 1. The van der Waals surface area contributed by atoms with Gasteiger partial charge in [-0.05, 0) is 12.1 Å². The second-order valence-corrected chi connectivity index (χ2v) is 8.14. The van der Waals surface area contributed by atoms with Crippen molar-refractivity contribution in [3.05, 3.63) is 44.3 Å². The number of ether oxygens (including phenoxy) is 1. The van der Waals surface area contributed by atoms with Crippen LogP contribution in [0.25, 0.3) is 0 Å². The van der Waals surface area contributed by atoms with Gasteiger partial charge < -0.3 is 9.84 Å². The van der Waals surface area contributed by atoms with E-state index in [0.717, 1.165) is 26.5 Å². The Kier molecular flexibility index (Phi) is 3.84. The molecule has 0 radical (unpaired) electrons. The monoisotopic (exact) mass is 367 g/mol. The summed E-state index contributed by atoms with van der Waals surface area (Å²) < 4.78 is 7.00. The number of rotatable bonds is 1. The number of aliphatic hydroxyl groups excluding tert-OH is 1. The molecule has 3 rings (SSSR count). The predicted octanol–water partition coefficient (Wildman–Crippen LogP) is 4.76. The van der Waals surface area contributed by atoms with Crippen LogP contribution in [-0.4, -0.2) is 10.1 Å². The third kappa shape index (κ3) is 3.00. The fraction of sp³-hybridized carbons (Fsp3) is 0.438. The molecule has 1 aliphatic heterocycles. The molecule has 0 aliphatic carbocycles. The van der Waals surface area contributed by atoms with E-state index in [2.05, 4.69) is 36.7 Å². The van der Waals surface area contributed by atoms with Gasteiger partial charge in [0, 0.05) is 27.3 Å². The quantitative estimate of drug-likeness (QED) is 0.789. The minimum atomic E-state index is -0.508. The minimum absolute atomic E-state index is 0.0388. The summed E-state index contributed by atoms with van der Waals surface area (Å²) >= 11 is 5.10. The fourth-order valence-corrected chi connectivity index (χ4v) is 3.66. The maximum absolute atomic E-state index is 10.3. The average Bonchev–Trinajstić information content (AvgIpc) is 2.87. The zero-order valence-corrected chi connectivity index (χ0v) is 14.7. The van der Waals surface area contributed by atoms with Crippen molar-refractivity contribution in [3.8, 4) is 5.75 Å². The van der Waals surface area contributed by atoms with Crippen LogP contribution < -0.4 is 4.74 Å². The molecule has 1 N–H and O–H groups in total. The highest BCUT2D eigenvalue weighted by Crippen LogP contribution is 2.42. The number of fused-ring (bicyclic) bond motifs is 1. The number of hydrogen-bond donors (Lipinski definition) is 1. The van der Waals surface area contributed by atoms with E-state index in [1.165, 1.54) is 0 Å². The number of aliphatic hydroxyl groups is 1. The standard InChI is InChI=1S/C16H18BrNO2S/c1-16(2,3)15-18-11(8-21-15)14-7-12(19)10-5-4-9(17)6-13(10)20-14/h4-6,8,12,14,19H,7H2,1-3H3. The summed E-state index contributed by atoms with van der Waals surface area (Å²) in [5, 5.41) is 13.5. The molecule has 112 valence electrons. The molecular formula is C16H18BrNO2S. The van der Waals surface area contributed by atoms with Crippen LogP contribution in [0.2, 0.25) is 0 Å². The van der Waals surface area contributed by atoms with Gasteiger partial charge in [0.15, 0.2) is 0 Å². The van der Waals surface area contributed by atoms with Crippen molar-refractivity contribution < 1.29 is 9.84 Å². The molecule has 0 bridgehead atoms. The second-order valence-electron chi connectivity index (χ2n) is 6.37. The Morgan fingerprint density at radius 1 is 1.38 bits per heavy atom. The van der Waals surface area contributed by atoms with E-state index in [4.69, 9.17) is 9.72 Å². The summed E-state index contributed by atoms with van der Waals surface area (Å²) in [5.74, 6) is 0.735. The number of hydrogen-bond acceptors (Lipinski definition) is 4. The molecule has 2 aromatic rings. The van der Waals surface area contributed by atoms with Gasteiger partial charge in [-0.3, -0.25) is 0 Å². The number of thiazole rings is 1. The molecule has 21 heavy (non-hydrogen) atoms. The predicted molar refractivity (Wildman–Crippen MR) is 87.9 cm³/mol. The van der Waals surface area contributed by atoms with Crippen LogP contribution in [0.5, 0.6) is 5.75 Å². The van der Waals surface area contributed by atoms with Crippen LogP contribution in [0, 0.1) is 0 Å². The van der Waals surface area contributed by atoms with Gasteiger partial charge in [-0.2, -0.15) is 0 Å². The van der Waals surface area contributed by atoms with Crippen LogP contribution >= 0.6 is 27.3 Å². The van der Waals surface area contributed by atoms with Crippen molar-refractivity contribution in [1.82, 2.24) is 4.98 Å². The normalized spacial score (nSPS) is 21.8. The molecule has 3 nitrogen and oxygen atoms in total. The first kappa shape index (κ1) is 15.0. The maximum Gasteiger partial charge on any atom is 0.144 e. The van der Waals surface area contributed by atoms with E-state index in [1.54, 1.807) is 11.3 Å². The van der Waals surface area contributed by atoms with Crippen molar-refractivity contribution in [3.63, 3.8) is 0 Å². The average molecular weight is 368 g/mol. The van der Waals surface area contributed by atoms with Gasteiger partial charge in [0.25, 0.3) is 0 Å². The zero-order valence-electron chi connectivity index (χ0n) is 12.3. The van der Waals surface area contributed by atoms with Gasteiger partial charge >= 0.3 is 0 Å². The summed E-state index contributed by atoms with van der Waals surface area (Å²) in [6.07, 6.45) is -0.150. The molecule has 0 fully saturated rings. The van der Waals surface area contributed by atoms with Gasteiger partial charge in [0.2, 0.25) is 0 Å². The smallest absolute Gasteiger partial charge is 0.144 e. The molecule has 0 amide bonds. The van der Waals surface area contributed by atoms with E-state index in [1.807, 2.05) is 23.6 Å². The highest BCUT2D eigenvalue weighted by atomic mass is 79.9. The van der Waals surface area contributed by atoms with Crippen LogP contribution in [0.3, 0.4) is 0 Å². The lowest BCUT2D eigenvalue weighted by molar-refractivity contribution is 0.0638. The Balaban J connectivity index is 1.90. The molecule has 0 saturated carbocycles. The summed E-state index contributed by atoms with van der Waals surface area (Å²) in [5.41, 5.74) is 1.80. The molecule has 2 unspecified atom stereocenters. The molecule has 2 heterocycles. The molecule has 0 spiro atoms. The minimum Gasteiger partial charge on any atom is -0.484 e. The molecular weight excluding hydrogens is 350 g/mol. The number of aromatic nitrogens is 1. The van der Waals surface area contributed by atoms with E-state index < -0.39 is 6.10 Å². The summed E-state index contributed by atoms with van der Waals surface area (Å²) in [7, 11) is 0. The van der Waals surface area contributed by atoms with Crippen LogP contribution in [0.1, 0.15) is 55.7 Å². The molecule has 2 atom stereocenters. The lowest BCUT2D eigenvalue weighted by Crippen LogP contribution is -2.20. The highest BCUT2D eigenvalue weighted by molar-refractivity contribution is 9.10. The Morgan fingerprint density at radius 2 is 2.14 bits per heavy atom. The fourth-order valence-electron chi connectivity index (χ4n) is 2.38. The van der Waals surface area contributed by atoms with Crippen molar-refractivity contribution in [2.75, 3.05) is 0 Å². The first-order valence-electron chi connectivity index (χ1n) is 6.94. The Hall–Kier alpha value is -0.910. The van der Waals surface area contributed by atoms with Crippen LogP contribution in [0.4, 0.5) is 0 Å². The topological polar surface area (TPSA) is 42.4 Å². The van der Waals surface area contributed by atoms with Gasteiger partial charge in [-0.1, -0.05) is 42.8 Å². The summed E-state index contributed by atoms with van der Waals surface area (Å²) in [6, 6.07) is 5.73. The summed E-state index contributed by atoms with van der Waals surface area (Å²) in [6.45, 7) is 6.45. The van der Waals surface area contributed by atoms with E-state index in [-0.39, 0.29) is 11.5 Å². The van der Waals surface area contributed by atoms with Crippen molar-refractivity contribution in [2.45, 2.75) is 44.8 Å². The second kappa shape index (κ2) is 5.38. The highest BCUT2D eigenvalue weighted by Gasteiger charge is 2.30. The third-order valence-corrected chi connectivity index (χ3v) is 5.31. The maximum atomic E-state index is 10.3. The van der Waals surface area contributed by atoms with Gasteiger partial charge in [-0.25, -0.2) is 4.98 Å². The number of halogens is 1. The molecule has 5 heteroatoms. The number of nitrogens with zero attached hydrogens (tertiary/aromatic N) is 1. The Labute approximate surface area is 137 Å². The lowest BCUT2D eigenvalue weighted by Gasteiger charge is -2.29. The van der Waals surface area contributed by atoms with Gasteiger partial charge in [-0.15, -0.1) is 11.3 Å². The van der Waals surface area contributed by atoms with Crippen molar-refractivity contribution in [2.24, 2.45) is 0 Å². The van der Waals surface area contributed by atoms with Crippen LogP contribution in [0.15, 0.2) is 28.1 Å². The Bertz CT molecular complexity index is 663. The van der Waals surface area contributed by atoms with Crippen molar-refractivity contribution >= 4 is 27.3 Å². The first-order valence-corrected chi connectivity index (χ1v) is 8.62. The Morgan fingerprint density at radius 3 is 2.81 bits per heavy atom. The van der Waals surface area contributed by atoms with Gasteiger partial charge in [0.1, 0.15) is 11.9 Å². The van der Waals surface area contributed by atoms with Crippen LogP contribution in [-0.2, 0) is 5.41 Å². The summed E-state index contributed by atoms with van der Waals surface area (Å²) in [4.78, 5) is 4.71. The zero-order chi connectivity index (χ0) is 15.2. The molecule has 1 aromatic carbocycles. The first-order chi connectivity index (χ1) is 9.84. The van der Waals surface area contributed by atoms with E-state index >= 15 is 0 Å². The lowest BCUT2D eigenvalue weighted by atomic mass is 9.97. The van der Waals surface area contributed by atoms with Gasteiger partial charge in [0.05, 0.1) is 16.8 Å². The molecule has 1 aromatic heterocycles. The largest absolute Gasteiger partial charge is 0.484 e. The molecule has 0 saturated heterocycles. The van der Waals surface area contributed by atoms with E-state index in [9.17, 15) is 5.11 Å². The third-order valence-electron chi connectivity index (χ3n) is 3.53. The SMILES string of the molecule is CC(C)(C)c1nc(C2CC(O)c3ccc(Br)cc3O2)cs1. The van der Waals surface area contributed by atoms with E-state index in [0.29, 0.717) is 6.42 Å². The van der Waals surface area contributed by atoms with Crippen molar-refractivity contribution in [1.29, 1.82) is 0 Å². The molecule has 1 aliphatic rings.